The van der Waals surface area contributed by atoms with Crippen molar-refractivity contribution in [3.05, 3.63) is 53.6 Å². The molecule has 3 rings (SSSR count). The topological polar surface area (TPSA) is 112 Å². The summed E-state index contributed by atoms with van der Waals surface area (Å²) in [6, 6.07) is 4.81. The summed E-state index contributed by atoms with van der Waals surface area (Å²) in [7, 11) is -3.88. The van der Waals surface area contributed by atoms with Crippen LogP contribution in [-0.2, 0) is 10.0 Å². The molecule has 1 saturated carbocycles. The van der Waals surface area contributed by atoms with Crippen LogP contribution in [0.4, 0.5) is 0 Å². The Hall–Kier alpha value is -1.58. The van der Waals surface area contributed by atoms with Gasteiger partial charge in [-0.05, 0) is 36.2 Å². The van der Waals surface area contributed by atoms with E-state index in [0.29, 0.717) is 10.6 Å². The van der Waals surface area contributed by atoms with Gasteiger partial charge in [0.2, 0.25) is 10.0 Å². The molecule has 0 spiro atoms. The fourth-order valence-corrected chi connectivity index (χ4v) is 4.30. The van der Waals surface area contributed by atoms with Crippen molar-refractivity contribution >= 4 is 21.6 Å². The van der Waals surface area contributed by atoms with E-state index in [1.807, 2.05) is 0 Å². The molecule has 1 heterocycles. The molecule has 4 atom stereocenters. The van der Waals surface area contributed by atoms with Crippen molar-refractivity contribution in [1.82, 2.24) is 14.7 Å². The van der Waals surface area contributed by atoms with Gasteiger partial charge in [0.1, 0.15) is 6.33 Å². The number of aromatic nitrogens is 2. The number of aliphatic hydroxyl groups excluding tert-OH is 2. The highest BCUT2D eigenvalue weighted by molar-refractivity contribution is 7.89. The third kappa shape index (κ3) is 3.42. The van der Waals surface area contributed by atoms with Gasteiger partial charge in [0, 0.05) is 23.3 Å². The van der Waals surface area contributed by atoms with Crippen LogP contribution in [0.15, 0.2) is 47.9 Å². The number of hydrogen-bond acceptors (Lipinski definition) is 6. The molecule has 3 N–H and O–H groups in total. The summed E-state index contributed by atoms with van der Waals surface area (Å²) < 4.78 is 27.6. The highest BCUT2D eigenvalue weighted by Gasteiger charge is 2.44. The molecule has 24 heavy (non-hydrogen) atoms. The molecule has 128 valence electrons. The third-order valence-electron chi connectivity index (χ3n) is 4.11. The summed E-state index contributed by atoms with van der Waals surface area (Å²) in [4.78, 5) is 7.85. The fourth-order valence-electron chi connectivity index (χ4n) is 2.88. The van der Waals surface area contributed by atoms with Crippen LogP contribution in [0.5, 0.6) is 0 Å². The summed E-state index contributed by atoms with van der Waals surface area (Å²) in [5.74, 6) is -0.432. The van der Waals surface area contributed by atoms with Crippen LogP contribution < -0.4 is 4.72 Å². The molecule has 0 saturated heterocycles. The molecule has 1 aromatic heterocycles. The van der Waals surface area contributed by atoms with Gasteiger partial charge in [0.05, 0.1) is 23.1 Å². The summed E-state index contributed by atoms with van der Waals surface area (Å²) in [6.45, 7) is 0. The first kappa shape index (κ1) is 17.2. The average molecular weight is 370 g/mol. The molecule has 0 aliphatic heterocycles. The van der Waals surface area contributed by atoms with Crippen molar-refractivity contribution in [2.75, 3.05) is 0 Å². The second kappa shape index (κ2) is 6.73. The molecule has 2 aromatic rings. The zero-order valence-electron chi connectivity index (χ0n) is 12.4. The Morgan fingerprint density at radius 3 is 2.38 bits per heavy atom. The minimum atomic E-state index is -3.88. The molecule has 0 amide bonds. The molecule has 1 aliphatic rings. The van der Waals surface area contributed by atoms with Gasteiger partial charge < -0.3 is 10.2 Å². The zero-order valence-corrected chi connectivity index (χ0v) is 14.0. The van der Waals surface area contributed by atoms with Crippen molar-refractivity contribution in [1.29, 1.82) is 0 Å². The van der Waals surface area contributed by atoms with Gasteiger partial charge in [-0.2, -0.15) is 0 Å². The predicted octanol–water partition coefficient (Wildman–Crippen LogP) is 0.686. The Morgan fingerprint density at radius 2 is 1.75 bits per heavy atom. The van der Waals surface area contributed by atoms with Crippen molar-refractivity contribution in [3.63, 3.8) is 0 Å². The molecular weight excluding hydrogens is 354 g/mol. The van der Waals surface area contributed by atoms with Crippen LogP contribution in [0.3, 0.4) is 0 Å². The fraction of sp³-hybridized carbons (Fsp3) is 0.333. The highest BCUT2D eigenvalue weighted by atomic mass is 35.5. The van der Waals surface area contributed by atoms with Crippen LogP contribution in [0.1, 0.15) is 17.9 Å². The molecular formula is C15H16ClN3O4S. The largest absolute Gasteiger partial charge is 0.390 e. The minimum absolute atomic E-state index is 0.0311. The SMILES string of the molecule is O=S(=O)(NC1C(c2cncnc2)CC(O)C1O)c1ccc(Cl)cc1. The van der Waals surface area contributed by atoms with E-state index < -0.39 is 34.2 Å². The van der Waals surface area contributed by atoms with Crippen molar-refractivity contribution in [2.45, 2.75) is 35.5 Å². The van der Waals surface area contributed by atoms with E-state index in [4.69, 9.17) is 11.6 Å². The molecule has 0 radical (unpaired) electrons. The number of aliphatic hydroxyl groups is 2. The number of sulfonamides is 1. The maximum Gasteiger partial charge on any atom is 0.240 e. The lowest BCUT2D eigenvalue weighted by atomic mass is 9.97. The van der Waals surface area contributed by atoms with E-state index >= 15 is 0 Å². The summed E-state index contributed by atoms with van der Waals surface area (Å²) in [6.07, 6.45) is 2.41. The second-order valence-corrected chi connectivity index (χ2v) is 7.82. The molecule has 4 unspecified atom stereocenters. The van der Waals surface area contributed by atoms with Gasteiger partial charge in [-0.1, -0.05) is 11.6 Å². The lowest BCUT2D eigenvalue weighted by Crippen LogP contribution is -2.45. The number of nitrogens with zero attached hydrogens (tertiary/aromatic N) is 2. The minimum Gasteiger partial charge on any atom is -0.390 e. The Bertz CT molecular complexity index is 801. The number of halogens is 1. The Labute approximate surface area is 144 Å². The number of hydrogen-bond donors (Lipinski definition) is 3. The Balaban J connectivity index is 1.89. The molecule has 1 fully saturated rings. The second-order valence-electron chi connectivity index (χ2n) is 5.67. The van der Waals surface area contributed by atoms with Crippen LogP contribution in [0.25, 0.3) is 0 Å². The number of nitrogens with one attached hydrogen (secondary N) is 1. The van der Waals surface area contributed by atoms with Gasteiger partial charge in [-0.25, -0.2) is 23.1 Å². The monoisotopic (exact) mass is 369 g/mol. The Kier molecular flexibility index (Phi) is 4.84. The summed E-state index contributed by atoms with van der Waals surface area (Å²) in [5, 5.41) is 20.6. The average Bonchev–Trinajstić information content (AvgIpc) is 2.84. The van der Waals surface area contributed by atoms with Gasteiger partial charge in [0.15, 0.2) is 0 Å². The predicted molar refractivity (Wildman–Crippen MR) is 87.0 cm³/mol. The van der Waals surface area contributed by atoms with Crippen molar-refractivity contribution in [3.8, 4) is 0 Å². The van der Waals surface area contributed by atoms with E-state index in [-0.39, 0.29) is 11.3 Å². The molecule has 1 aliphatic carbocycles. The van der Waals surface area contributed by atoms with Crippen LogP contribution in [-0.4, -0.2) is 46.8 Å². The van der Waals surface area contributed by atoms with E-state index in [2.05, 4.69) is 14.7 Å². The number of benzene rings is 1. The molecule has 1 aromatic carbocycles. The van der Waals surface area contributed by atoms with Gasteiger partial charge in [-0.15, -0.1) is 0 Å². The highest BCUT2D eigenvalue weighted by Crippen LogP contribution is 2.35. The van der Waals surface area contributed by atoms with Crippen molar-refractivity contribution < 1.29 is 18.6 Å². The lowest BCUT2D eigenvalue weighted by molar-refractivity contribution is 0.0338. The van der Waals surface area contributed by atoms with Gasteiger partial charge in [0.25, 0.3) is 0 Å². The molecule has 0 bridgehead atoms. The standard InChI is InChI=1S/C15H16ClN3O4S/c16-10-1-3-11(4-2-10)24(22,23)19-14-12(5-13(20)15(14)21)9-6-17-8-18-7-9/h1-4,6-8,12-15,19-21H,5H2. The maximum absolute atomic E-state index is 12.6. The van der Waals surface area contributed by atoms with Crippen LogP contribution >= 0.6 is 11.6 Å². The third-order valence-corrected chi connectivity index (χ3v) is 5.84. The normalized spacial score (nSPS) is 27.3. The quantitative estimate of drug-likeness (QED) is 0.730. The van der Waals surface area contributed by atoms with E-state index in [1.54, 1.807) is 12.4 Å². The molecule has 7 nitrogen and oxygen atoms in total. The number of rotatable bonds is 4. The first-order chi connectivity index (χ1) is 11.4. The summed E-state index contributed by atoms with van der Waals surface area (Å²) in [5.41, 5.74) is 0.650. The lowest BCUT2D eigenvalue weighted by Gasteiger charge is -2.23. The van der Waals surface area contributed by atoms with Gasteiger partial charge >= 0.3 is 0 Å². The van der Waals surface area contributed by atoms with Gasteiger partial charge in [-0.3, -0.25) is 0 Å². The van der Waals surface area contributed by atoms with Crippen LogP contribution in [0, 0.1) is 0 Å². The Morgan fingerprint density at radius 1 is 1.12 bits per heavy atom. The van der Waals surface area contributed by atoms with E-state index in [1.165, 1.54) is 30.6 Å². The van der Waals surface area contributed by atoms with E-state index in [9.17, 15) is 18.6 Å². The van der Waals surface area contributed by atoms with Crippen LogP contribution in [0.2, 0.25) is 5.02 Å². The first-order valence-corrected chi connectivity index (χ1v) is 9.13. The first-order valence-electron chi connectivity index (χ1n) is 7.27. The zero-order chi connectivity index (χ0) is 17.3. The summed E-state index contributed by atoms with van der Waals surface area (Å²) >= 11 is 5.78. The van der Waals surface area contributed by atoms with Crippen molar-refractivity contribution in [2.24, 2.45) is 0 Å². The molecule has 9 heteroatoms. The maximum atomic E-state index is 12.6. The smallest absolute Gasteiger partial charge is 0.240 e. The van der Waals surface area contributed by atoms with E-state index in [0.717, 1.165) is 0 Å².